The van der Waals surface area contributed by atoms with Crippen LogP contribution in [0.15, 0.2) is 12.7 Å². The zero-order chi connectivity index (χ0) is 8.69. The number of ketones is 2. The molecule has 0 aromatic heterocycles. The third-order valence-electron chi connectivity index (χ3n) is 1.41. The summed E-state index contributed by atoms with van der Waals surface area (Å²) in [5, 5.41) is 0. The van der Waals surface area contributed by atoms with E-state index in [0.717, 1.165) is 6.42 Å². The maximum Gasteiger partial charge on any atom is 0.155 e. The number of rotatable bonds is 6. The van der Waals surface area contributed by atoms with Crippen LogP contribution in [0.1, 0.15) is 32.6 Å². The molecule has 0 saturated heterocycles. The van der Waals surface area contributed by atoms with Gasteiger partial charge >= 0.3 is 0 Å². The van der Waals surface area contributed by atoms with E-state index in [-0.39, 0.29) is 11.6 Å². The first kappa shape index (κ1) is 10.1. The summed E-state index contributed by atoms with van der Waals surface area (Å²) in [4.78, 5) is 21.5. The van der Waals surface area contributed by atoms with Gasteiger partial charge in [-0.2, -0.15) is 0 Å². The number of carbonyl (C=O) groups excluding carboxylic acids is 2. The van der Waals surface area contributed by atoms with Crippen LogP contribution in [0.25, 0.3) is 0 Å². The molecule has 11 heavy (non-hydrogen) atoms. The first-order valence-electron chi connectivity index (χ1n) is 3.87. The van der Waals surface area contributed by atoms with Gasteiger partial charge in [-0.3, -0.25) is 9.59 Å². The molecular weight excluding hydrogens is 140 g/mol. The van der Waals surface area contributed by atoms with Crippen molar-refractivity contribution in [1.82, 2.24) is 0 Å². The van der Waals surface area contributed by atoms with Crippen molar-refractivity contribution in [3.63, 3.8) is 0 Å². The van der Waals surface area contributed by atoms with Crippen molar-refractivity contribution in [2.45, 2.75) is 32.6 Å². The van der Waals surface area contributed by atoms with Crippen LogP contribution in [-0.2, 0) is 9.59 Å². The van der Waals surface area contributed by atoms with Gasteiger partial charge in [-0.25, -0.2) is 0 Å². The highest BCUT2D eigenvalue weighted by atomic mass is 16.1. The van der Waals surface area contributed by atoms with Gasteiger partial charge in [0.2, 0.25) is 0 Å². The van der Waals surface area contributed by atoms with E-state index >= 15 is 0 Å². The van der Waals surface area contributed by atoms with Gasteiger partial charge in [-0.1, -0.05) is 13.5 Å². The lowest BCUT2D eigenvalue weighted by atomic mass is 10.1. The van der Waals surface area contributed by atoms with Gasteiger partial charge in [0.05, 0.1) is 0 Å². The average molecular weight is 154 g/mol. The first-order chi connectivity index (χ1) is 5.20. The standard InChI is InChI=1S/C9H14O2/c1-3-5-9(11)7-6-8(10)4-2/h4H,2-3,5-7H2,1H3. The molecule has 0 aliphatic rings. The average Bonchev–Trinajstić information content (AvgIpc) is 2.01. The van der Waals surface area contributed by atoms with Crippen LogP contribution in [0.2, 0.25) is 0 Å². The molecule has 0 spiro atoms. The normalized spacial score (nSPS) is 9.18. The smallest absolute Gasteiger partial charge is 0.155 e. The Labute approximate surface area is 67.3 Å². The topological polar surface area (TPSA) is 34.1 Å². The summed E-state index contributed by atoms with van der Waals surface area (Å²) in [7, 11) is 0. The molecule has 0 radical (unpaired) electrons. The third-order valence-corrected chi connectivity index (χ3v) is 1.41. The van der Waals surface area contributed by atoms with E-state index in [1.165, 1.54) is 6.08 Å². The number of hydrogen-bond donors (Lipinski definition) is 0. The second kappa shape index (κ2) is 5.83. The fourth-order valence-corrected chi connectivity index (χ4v) is 0.769. The van der Waals surface area contributed by atoms with Crippen molar-refractivity contribution < 1.29 is 9.59 Å². The Morgan fingerprint density at radius 2 is 1.91 bits per heavy atom. The highest BCUT2D eigenvalue weighted by Gasteiger charge is 2.02. The van der Waals surface area contributed by atoms with Gasteiger partial charge in [0.1, 0.15) is 5.78 Å². The minimum absolute atomic E-state index is 0.0468. The van der Waals surface area contributed by atoms with Crippen molar-refractivity contribution in [3.05, 3.63) is 12.7 Å². The summed E-state index contributed by atoms with van der Waals surface area (Å²) >= 11 is 0. The van der Waals surface area contributed by atoms with Crippen molar-refractivity contribution >= 4 is 11.6 Å². The Hall–Kier alpha value is -0.920. The lowest BCUT2D eigenvalue weighted by Gasteiger charge is -1.94. The molecule has 0 aliphatic heterocycles. The molecule has 2 heteroatoms. The van der Waals surface area contributed by atoms with Gasteiger partial charge in [-0.05, 0) is 12.5 Å². The minimum atomic E-state index is -0.0468. The second-order valence-corrected chi connectivity index (χ2v) is 2.46. The zero-order valence-corrected chi connectivity index (χ0v) is 6.93. The van der Waals surface area contributed by atoms with Crippen molar-refractivity contribution in [1.29, 1.82) is 0 Å². The van der Waals surface area contributed by atoms with Gasteiger partial charge in [0.25, 0.3) is 0 Å². The number of carbonyl (C=O) groups is 2. The third kappa shape index (κ3) is 5.52. The molecule has 62 valence electrons. The van der Waals surface area contributed by atoms with Crippen LogP contribution >= 0.6 is 0 Å². The minimum Gasteiger partial charge on any atom is -0.300 e. The fraction of sp³-hybridized carbons (Fsp3) is 0.556. The van der Waals surface area contributed by atoms with E-state index in [2.05, 4.69) is 6.58 Å². The summed E-state index contributed by atoms with van der Waals surface area (Å²) in [6, 6.07) is 0. The lowest BCUT2D eigenvalue weighted by molar-refractivity contribution is -0.122. The largest absolute Gasteiger partial charge is 0.300 e. The maximum absolute atomic E-state index is 10.9. The quantitative estimate of drug-likeness (QED) is 0.547. The van der Waals surface area contributed by atoms with Crippen molar-refractivity contribution in [2.24, 2.45) is 0 Å². The fourth-order valence-electron chi connectivity index (χ4n) is 0.769. The number of allylic oxidation sites excluding steroid dienone is 1. The molecule has 0 fully saturated rings. The van der Waals surface area contributed by atoms with Crippen molar-refractivity contribution in [3.8, 4) is 0 Å². The SMILES string of the molecule is C=CC(=O)CCC(=O)CCC. The Morgan fingerprint density at radius 3 is 2.36 bits per heavy atom. The molecule has 0 rings (SSSR count). The lowest BCUT2D eigenvalue weighted by Crippen LogP contribution is -2.00. The Bertz CT molecular complexity index is 159. The Morgan fingerprint density at radius 1 is 1.27 bits per heavy atom. The first-order valence-corrected chi connectivity index (χ1v) is 3.87. The van der Waals surface area contributed by atoms with E-state index in [9.17, 15) is 9.59 Å². The van der Waals surface area contributed by atoms with Crippen LogP contribution in [0.3, 0.4) is 0 Å². The highest BCUT2D eigenvalue weighted by molar-refractivity contribution is 5.92. The van der Waals surface area contributed by atoms with Crippen LogP contribution in [0, 0.1) is 0 Å². The summed E-state index contributed by atoms with van der Waals surface area (Å²) < 4.78 is 0. The molecule has 2 nitrogen and oxygen atoms in total. The van der Waals surface area contributed by atoms with Crippen LogP contribution in [0.4, 0.5) is 0 Å². The van der Waals surface area contributed by atoms with Gasteiger partial charge < -0.3 is 0 Å². The van der Waals surface area contributed by atoms with Crippen LogP contribution in [0.5, 0.6) is 0 Å². The van der Waals surface area contributed by atoms with E-state index in [0.29, 0.717) is 19.3 Å². The molecule has 0 atom stereocenters. The van der Waals surface area contributed by atoms with Crippen LogP contribution in [-0.4, -0.2) is 11.6 Å². The Balaban J connectivity index is 3.45. The summed E-state index contributed by atoms with van der Waals surface area (Å²) in [5.41, 5.74) is 0. The maximum atomic E-state index is 10.9. The van der Waals surface area contributed by atoms with Crippen LogP contribution < -0.4 is 0 Å². The monoisotopic (exact) mass is 154 g/mol. The van der Waals surface area contributed by atoms with Gasteiger partial charge in [-0.15, -0.1) is 0 Å². The summed E-state index contributed by atoms with van der Waals surface area (Å²) in [6.45, 7) is 5.28. The molecule has 0 bridgehead atoms. The van der Waals surface area contributed by atoms with Gasteiger partial charge in [0.15, 0.2) is 5.78 Å². The van der Waals surface area contributed by atoms with E-state index in [1.807, 2.05) is 6.92 Å². The predicted molar refractivity (Wildman–Crippen MR) is 44.4 cm³/mol. The van der Waals surface area contributed by atoms with E-state index in [4.69, 9.17) is 0 Å². The van der Waals surface area contributed by atoms with E-state index < -0.39 is 0 Å². The molecule has 0 saturated carbocycles. The van der Waals surface area contributed by atoms with E-state index in [1.54, 1.807) is 0 Å². The van der Waals surface area contributed by atoms with Crippen molar-refractivity contribution in [2.75, 3.05) is 0 Å². The molecule has 0 N–H and O–H groups in total. The molecule has 0 heterocycles. The van der Waals surface area contributed by atoms with Gasteiger partial charge in [0, 0.05) is 19.3 Å². The second-order valence-electron chi connectivity index (χ2n) is 2.46. The molecule has 0 aromatic rings. The Kier molecular flexibility index (Phi) is 5.35. The molecule has 0 amide bonds. The number of Topliss-reactive ketones (excluding diaryl/α,β-unsaturated/α-hetero) is 1. The summed E-state index contributed by atoms with van der Waals surface area (Å²) in [6.07, 6.45) is 3.41. The molecule has 0 aliphatic carbocycles. The summed E-state index contributed by atoms with van der Waals surface area (Å²) in [5.74, 6) is 0.122. The number of hydrogen-bond acceptors (Lipinski definition) is 2. The molecule has 0 aromatic carbocycles. The highest BCUT2D eigenvalue weighted by Crippen LogP contribution is 1.98. The predicted octanol–water partition coefficient (Wildman–Crippen LogP) is 1.89. The zero-order valence-electron chi connectivity index (χ0n) is 6.93. The molecule has 0 unspecified atom stereocenters. The molecular formula is C9H14O2.